The molecule has 1 heterocycles. The van der Waals surface area contributed by atoms with E-state index in [-0.39, 0.29) is 5.69 Å². The molecule has 0 bridgehead atoms. The van der Waals surface area contributed by atoms with Crippen LogP contribution >= 0.6 is 0 Å². The summed E-state index contributed by atoms with van der Waals surface area (Å²) in [7, 11) is 0. The van der Waals surface area contributed by atoms with Crippen LogP contribution in [-0.4, -0.2) is 26.3 Å². The highest BCUT2D eigenvalue weighted by Crippen LogP contribution is 2.15. The zero-order valence-corrected chi connectivity index (χ0v) is 12.8. The first-order valence-corrected chi connectivity index (χ1v) is 7.17. The summed E-state index contributed by atoms with van der Waals surface area (Å²) in [4.78, 5) is 11.9. The van der Waals surface area contributed by atoms with Gasteiger partial charge in [0.15, 0.2) is 11.5 Å². The van der Waals surface area contributed by atoms with Crippen molar-refractivity contribution in [3.05, 3.63) is 75.3 Å². The fourth-order valence-corrected chi connectivity index (χ4v) is 2.12. The van der Waals surface area contributed by atoms with Crippen molar-refractivity contribution in [1.82, 2.24) is 14.9 Å². The Kier molecular flexibility index (Phi) is 4.34. The topological polar surface area (TPSA) is 111 Å². The van der Waals surface area contributed by atoms with Gasteiger partial charge in [0, 0.05) is 17.7 Å². The molecule has 0 saturated carbocycles. The molecule has 24 heavy (non-hydrogen) atoms. The fraction of sp³-hybridized carbons (Fsp3) is 0.0625. The number of hydrogen-bond acceptors (Lipinski definition) is 5. The SMILES string of the molecule is Cc1ccc(-c2n[nH]c(=O)n2/N=C/c2ccc([NH+]([O-])O)cc2)cc1. The standard InChI is InChI=1S/C16H15N5O3/c1-11-2-6-13(7-3-11)15-18-19-16(22)20(15)17-10-12-4-8-14(9-5-12)21(23)24/h2-10,21,23H,1H3,(H,19,22)/b17-10+. The molecule has 3 rings (SSSR count). The molecule has 0 aliphatic rings. The van der Waals surface area contributed by atoms with Crippen LogP contribution in [0.1, 0.15) is 11.1 Å². The molecule has 1 unspecified atom stereocenters. The van der Waals surface area contributed by atoms with Crippen LogP contribution in [0, 0.1) is 12.1 Å². The average Bonchev–Trinajstić information content (AvgIpc) is 2.95. The molecule has 0 fully saturated rings. The van der Waals surface area contributed by atoms with Crippen LogP contribution in [0.25, 0.3) is 11.4 Å². The van der Waals surface area contributed by atoms with Gasteiger partial charge in [-0.15, -0.1) is 0 Å². The molecule has 0 aliphatic heterocycles. The molecule has 1 aromatic heterocycles. The minimum absolute atomic E-state index is 0.188. The van der Waals surface area contributed by atoms with Gasteiger partial charge in [0.05, 0.1) is 6.21 Å². The number of aromatic nitrogens is 3. The number of hydrogen-bond donors (Lipinski definition) is 3. The molecule has 0 radical (unpaired) electrons. The molecule has 122 valence electrons. The van der Waals surface area contributed by atoms with Crippen LogP contribution in [0.2, 0.25) is 0 Å². The Hall–Kier alpha value is -3.07. The number of H-pyrrole nitrogens is 1. The quantitative estimate of drug-likeness (QED) is 0.487. The summed E-state index contributed by atoms with van der Waals surface area (Å²) in [6.45, 7) is 1.97. The molecule has 8 heteroatoms. The van der Waals surface area contributed by atoms with E-state index in [2.05, 4.69) is 15.3 Å². The lowest BCUT2D eigenvalue weighted by Crippen LogP contribution is -2.99. The van der Waals surface area contributed by atoms with Crippen LogP contribution in [-0.2, 0) is 0 Å². The molecule has 1 atom stereocenters. The largest absolute Gasteiger partial charge is 0.595 e. The molecule has 0 saturated heterocycles. The second kappa shape index (κ2) is 6.59. The molecule has 0 spiro atoms. The van der Waals surface area contributed by atoms with Gasteiger partial charge < -0.3 is 5.21 Å². The van der Waals surface area contributed by atoms with E-state index < -0.39 is 10.9 Å². The third-order valence-electron chi connectivity index (χ3n) is 3.44. The Morgan fingerprint density at radius 3 is 2.50 bits per heavy atom. The first kappa shape index (κ1) is 15.8. The summed E-state index contributed by atoms with van der Waals surface area (Å²) < 4.78 is 1.16. The highest BCUT2D eigenvalue weighted by atomic mass is 16.8. The molecule has 0 aliphatic carbocycles. The van der Waals surface area contributed by atoms with Crippen molar-refractivity contribution in [1.29, 1.82) is 0 Å². The van der Waals surface area contributed by atoms with Crippen molar-refractivity contribution in [2.45, 2.75) is 6.92 Å². The van der Waals surface area contributed by atoms with E-state index in [0.29, 0.717) is 11.4 Å². The first-order chi connectivity index (χ1) is 11.5. The number of aromatic amines is 1. The normalized spacial score (nSPS) is 12.6. The van der Waals surface area contributed by atoms with Crippen molar-refractivity contribution < 1.29 is 10.4 Å². The second-order valence-electron chi connectivity index (χ2n) is 5.20. The van der Waals surface area contributed by atoms with Crippen LogP contribution < -0.4 is 10.9 Å². The maximum atomic E-state index is 11.9. The van der Waals surface area contributed by atoms with Crippen LogP contribution in [0.3, 0.4) is 0 Å². The predicted molar refractivity (Wildman–Crippen MR) is 88.2 cm³/mol. The van der Waals surface area contributed by atoms with Crippen LogP contribution in [0.5, 0.6) is 0 Å². The van der Waals surface area contributed by atoms with Gasteiger partial charge in [0.2, 0.25) is 0 Å². The summed E-state index contributed by atoms with van der Waals surface area (Å²) in [6.07, 6.45) is 1.47. The molecule has 8 nitrogen and oxygen atoms in total. The van der Waals surface area contributed by atoms with Gasteiger partial charge in [0.1, 0.15) is 0 Å². The van der Waals surface area contributed by atoms with Gasteiger partial charge in [-0.3, -0.25) is 0 Å². The lowest BCUT2D eigenvalue weighted by atomic mass is 10.1. The minimum Gasteiger partial charge on any atom is -0.595 e. The molecule has 0 amide bonds. The van der Waals surface area contributed by atoms with E-state index in [4.69, 9.17) is 5.21 Å². The van der Waals surface area contributed by atoms with E-state index in [1.165, 1.54) is 18.3 Å². The van der Waals surface area contributed by atoms with E-state index in [0.717, 1.165) is 15.8 Å². The Bertz CT molecular complexity index is 908. The zero-order chi connectivity index (χ0) is 17.1. The summed E-state index contributed by atoms with van der Waals surface area (Å²) >= 11 is 0. The summed E-state index contributed by atoms with van der Waals surface area (Å²) in [5.41, 5.74) is 2.27. The maximum Gasteiger partial charge on any atom is 0.364 e. The smallest absolute Gasteiger partial charge is 0.364 e. The molecular weight excluding hydrogens is 310 g/mol. The predicted octanol–water partition coefficient (Wildman–Crippen LogP) is 0.832. The van der Waals surface area contributed by atoms with E-state index in [1.807, 2.05) is 31.2 Å². The highest BCUT2D eigenvalue weighted by molar-refractivity contribution is 5.80. The first-order valence-electron chi connectivity index (χ1n) is 7.17. The van der Waals surface area contributed by atoms with E-state index in [9.17, 15) is 10.0 Å². The number of nitrogens with one attached hydrogen (secondary N) is 2. The average molecular weight is 325 g/mol. The second-order valence-corrected chi connectivity index (χ2v) is 5.20. The Morgan fingerprint density at radius 2 is 1.88 bits per heavy atom. The van der Waals surface area contributed by atoms with Crippen LogP contribution in [0.15, 0.2) is 58.4 Å². The maximum absolute atomic E-state index is 11.9. The number of rotatable bonds is 4. The molecular formula is C16H15N5O3. The van der Waals surface area contributed by atoms with Crippen molar-refractivity contribution >= 4 is 11.9 Å². The number of aryl methyl sites for hydroxylation is 1. The Morgan fingerprint density at radius 1 is 1.21 bits per heavy atom. The van der Waals surface area contributed by atoms with Crippen molar-refractivity contribution in [3.63, 3.8) is 0 Å². The van der Waals surface area contributed by atoms with Gasteiger partial charge in [-0.1, -0.05) is 29.8 Å². The third-order valence-corrected chi connectivity index (χ3v) is 3.44. The van der Waals surface area contributed by atoms with Gasteiger partial charge >= 0.3 is 5.69 Å². The molecule has 3 aromatic rings. The monoisotopic (exact) mass is 325 g/mol. The van der Waals surface area contributed by atoms with E-state index in [1.54, 1.807) is 12.1 Å². The number of nitrogens with zero attached hydrogens (tertiary/aromatic N) is 3. The summed E-state index contributed by atoms with van der Waals surface area (Å²) in [5, 5.41) is 29.2. The highest BCUT2D eigenvalue weighted by Gasteiger charge is 2.09. The summed E-state index contributed by atoms with van der Waals surface area (Å²) in [5.74, 6) is 0.401. The third kappa shape index (κ3) is 3.30. The fourth-order valence-electron chi connectivity index (χ4n) is 2.12. The van der Waals surface area contributed by atoms with Crippen molar-refractivity contribution in [2.24, 2.45) is 5.10 Å². The minimum atomic E-state index is -0.994. The number of benzene rings is 2. The van der Waals surface area contributed by atoms with Gasteiger partial charge in [-0.05, 0) is 24.6 Å². The van der Waals surface area contributed by atoms with Gasteiger partial charge in [-0.25, -0.2) is 15.1 Å². The molecule has 2 aromatic carbocycles. The Labute approximate surface area is 136 Å². The zero-order valence-electron chi connectivity index (χ0n) is 12.8. The number of quaternary nitrogens is 1. The van der Waals surface area contributed by atoms with Crippen molar-refractivity contribution in [2.75, 3.05) is 0 Å². The van der Waals surface area contributed by atoms with Crippen molar-refractivity contribution in [3.8, 4) is 11.4 Å². The lowest BCUT2D eigenvalue weighted by molar-refractivity contribution is -0.991. The molecule has 3 N–H and O–H groups in total. The lowest BCUT2D eigenvalue weighted by Gasteiger charge is -2.10. The van der Waals surface area contributed by atoms with Gasteiger partial charge in [-0.2, -0.15) is 20.1 Å². The Balaban J connectivity index is 1.91. The summed E-state index contributed by atoms with van der Waals surface area (Å²) in [6, 6.07) is 13.7. The van der Waals surface area contributed by atoms with E-state index >= 15 is 0 Å². The van der Waals surface area contributed by atoms with Crippen LogP contribution in [0.4, 0.5) is 5.69 Å². The van der Waals surface area contributed by atoms with Gasteiger partial charge in [0.25, 0.3) is 0 Å².